The number of hydrogen-bond donors (Lipinski definition) is 1. The summed E-state index contributed by atoms with van der Waals surface area (Å²) in [4.78, 5) is 5.08. The Hall–Kier alpha value is -0.590. The highest BCUT2D eigenvalue weighted by atomic mass is 79.9. The van der Waals surface area contributed by atoms with E-state index in [1.165, 1.54) is 6.07 Å². The fourth-order valence-corrected chi connectivity index (χ4v) is 3.21. The Balaban J connectivity index is 2.17. The lowest BCUT2D eigenvalue weighted by molar-refractivity contribution is -0.0567. The van der Waals surface area contributed by atoms with Gasteiger partial charge in [-0.2, -0.15) is 5.48 Å². The lowest BCUT2D eigenvalue weighted by atomic mass is 9.85. The number of rotatable bonds is 2. The fourth-order valence-electron chi connectivity index (χ4n) is 2.64. The number of aryl methyl sites for hydroxylation is 1. The molecule has 1 aliphatic heterocycles. The molecule has 6 heteroatoms. The number of hydroxylamine groups is 1. The summed E-state index contributed by atoms with van der Waals surface area (Å²) in [5.74, 6) is -0.956. The lowest BCUT2D eigenvalue weighted by Gasteiger charge is -2.30. The molecule has 1 aromatic carbocycles. The molecule has 3 atom stereocenters. The normalized spacial score (nSPS) is 33.9. The Morgan fingerprint density at radius 3 is 2.72 bits per heavy atom. The highest BCUT2D eigenvalue weighted by Gasteiger charge is 2.66. The summed E-state index contributed by atoms with van der Waals surface area (Å²) in [5.41, 5.74) is 0.970. The minimum absolute atomic E-state index is 0.0191. The van der Waals surface area contributed by atoms with Crippen molar-refractivity contribution in [1.29, 1.82) is 0 Å². The second-order valence-electron chi connectivity index (χ2n) is 4.85. The van der Waals surface area contributed by atoms with E-state index < -0.39 is 17.8 Å². The first-order valence-electron chi connectivity index (χ1n) is 5.64. The summed E-state index contributed by atoms with van der Waals surface area (Å²) >= 11 is 3.22. The SMILES string of the molecule is Cc1cc(Br)cc([C@@]2(C(F)F)NOC3CC32)c1F. The predicted octanol–water partition coefficient (Wildman–Crippen LogP) is 3.28. The van der Waals surface area contributed by atoms with Crippen LogP contribution in [0.15, 0.2) is 16.6 Å². The molecule has 0 spiro atoms. The maximum Gasteiger partial charge on any atom is 0.263 e. The zero-order valence-electron chi connectivity index (χ0n) is 9.51. The molecule has 0 bridgehead atoms. The van der Waals surface area contributed by atoms with Gasteiger partial charge in [0.05, 0.1) is 6.10 Å². The number of benzene rings is 1. The van der Waals surface area contributed by atoms with Gasteiger partial charge in [0.25, 0.3) is 6.43 Å². The fraction of sp³-hybridized carbons (Fsp3) is 0.500. The Kier molecular flexibility index (Phi) is 2.73. The van der Waals surface area contributed by atoms with Gasteiger partial charge >= 0.3 is 0 Å². The van der Waals surface area contributed by atoms with Gasteiger partial charge in [-0.25, -0.2) is 13.2 Å². The third-order valence-corrected chi connectivity index (χ3v) is 4.16. The van der Waals surface area contributed by atoms with Gasteiger partial charge in [0, 0.05) is 16.0 Å². The van der Waals surface area contributed by atoms with Crippen LogP contribution >= 0.6 is 15.9 Å². The second-order valence-corrected chi connectivity index (χ2v) is 5.77. The van der Waals surface area contributed by atoms with Crippen LogP contribution in [0.2, 0.25) is 0 Å². The van der Waals surface area contributed by atoms with Gasteiger partial charge in [-0.15, -0.1) is 0 Å². The van der Waals surface area contributed by atoms with Gasteiger partial charge < -0.3 is 0 Å². The first-order chi connectivity index (χ1) is 8.46. The number of alkyl halides is 2. The maximum atomic E-state index is 14.2. The Morgan fingerprint density at radius 2 is 2.22 bits per heavy atom. The van der Waals surface area contributed by atoms with Gasteiger partial charge in [0.2, 0.25) is 0 Å². The minimum Gasteiger partial charge on any atom is -0.297 e. The van der Waals surface area contributed by atoms with E-state index >= 15 is 0 Å². The predicted molar refractivity (Wildman–Crippen MR) is 62.6 cm³/mol. The van der Waals surface area contributed by atoms with E-state index in [4.69, 9.17) is 4.84 Å². The topological polar surface area (TPSA) is 21.3 Å². The Morgan fingerprint density at radius 1 is 1.50 bits per heavy atom. The molecule has 0 aromatic heterocycles. The number of hydrogen-bond acceptors (Lipinski definition) is 2. The summed E-state index contributed by atoms with van der Waals surface area (Å²) in [7, 11) is 0. The molecule has 1 saturated carbocycles. The molecule has 2 unspecified atom stereocenters. The van der Waals surface area contributed by atoms with E-state index in [9.17, 15) is 13.2 Å². The monoisotopic (exact) mass is 321 g/mol. The molecule has 1 saturated heterocycles. The van der Waals surface area contributed by atoms with Gasteiger partial charge in [-0.05, 0) is 31.0 Å². The van der Waals surface area contributed by atoms with Crippen LogP contribution < -0.4 is 5.48 Å². The molecule has 1 aromatic rings. The van der Waals surface area contributed by atoms with Crippen molar-refractivity contribution >= 4 is 15.9 Å². The van der Waals surface area contributed by atoms with Gasteiger partial charge in [-0.3, -0.25) is 4.84 Å². The van der Waals surface area contributed by atoms with Crippen molar-refractivity contribution in [3.05, 3.63) is 33.5 Å². The molecule has 1 N–H and O–H groups in total. The van der Waals surface area contributed by atoms with Crippen LogP contribution in [-0.2, 0) is 10.4 Å². The van der Waals surface area contributed by atoms with Crippen LogP contribution in [0.4, 0.5) is 13.2 Å². The molecule has 0 radical (unpaired) electrons. The Bertz CT molecular complexity index is 510. The Labute approximate surface area is 111 Å². The highest BCUT2D eigenvalue weighted by Crippen LogP contribution is 2.56. The highest BCUT2D eigenvalue weighted by molar-refractivity contribution is 9.10. The summed E-state index contributed by atoms with van der Waals surface area (Å²) in [6.45, 7) is 1.56. The summed E-state index contributed by atoms with van der Waals surface area (Å²) in [6.07, 6.45) is -2.40. The molecule has 2 aliphatic rings. The van der Waals surface area contributed by atoms with E-state index in [0.717, 1.165) is 0 Å². The van der Waals surface area contributed by atoms with E-state index in [2.05, 4.69) is 21.4 Å². The van der Waals surface area contributed by atoms with Crippen molar-refractivity contribution < 1.29 is 18.0 Å². The molecule has 1 aliphatic carbocycles. The van der Waals surface area contributed by atoms with E-state index in [1.54, 1.807) is 13.0 Å². The van der Waals surface area contributed by atoms with Crippen LogP contribution in [0.3, 0.4) is 0 Å². The molecular weight excluding hydrogens is 311 g/mol. The van der Waals surface area contributed by atoms with E-state index in [0.29, 0.717) is 16.5 Å². The molecule has 2 fully saturated rings. The van der Waals surface area contributed by atoms with Crippen molar-refractivity contribution in [1.82, 2.24) is 5.48 Å². The van der Waals surface area contributed by atoms with Gasteiger partial charge in [0.1, 0.15) is 11.4 Å². The second kappa shape index (κ2) is 3.95. The van der Waals surface area contributed by atoms with Gasteiger partial charge in [-0.1, -0.05) is 15.9 Å². The van der Waals surface area contributed by atoms with Crippen molar-refractivity contribution in [2.75, 3.05) is 0 Å². The van der Waals surface area contributed by atoms with E-state index in [-0.39, 0.29) is 17.6 Å². The minimum atomic E-state index is -2.72. The summed E-state index contributed by atoms with van der Waals surface area (Å²) in [5, 5.41) is 0. The molecule has 18 heavy (non-hydrogen) atoms. The average molecular weight is 322 g/mol. The maximum absolute atomic E-state index is 14.2. The van der Waals surface area contributed by atoms with Crippen LogP contribution in [0.1, 0.15) is 17.5 Å². The van der Waals surface area contributed by atoms with Crippen molar-refractivity contribution in [2.45, 2.75) is 31.4 Å². The number of halogens is 4. The van der Waals surface area contributed by atoms with Crippen LogP contribution in [0.5, 0.6) is 0 Å². The smallest absolute Gasteiger partial charge is 0.263 e. The summed E-state index contributed by atoms with van der Waals surface area (Å²) in [6, 6.07) is 2.98. The largest absolute Gasteiger partial charge is 0.297 e. The zero-order valence-corrected chi connectivity index (χ0v) is 11.1. The van der Waals surface area contributed by atoms with E-state index in [1.807, 2.05) is 0 Å². The van der Waals surface area contributed by atoms with Crippen LogP contribution in [-0.4, -0.2) is 12.5 Å². The third-order valence-electron chi connectivity index (χ3n) is 3.71. The van der Waals surface area contributed by atoms with Crippen LogP contribution in [0.25, 0.3) is 0 Å². The molecule has 1 heterocycles. The molecule has 98 valence electrons. The molecule has 2 nitrogen and oxygen atoms in total. The van der Waals surface area contributed by atoms with Gasteiger partial charge in [0.15, 0.2) is 0 Å². The molecule has 3 rings (SSSR count). The molecular formula is C12H11BrF3NO. The lowest BCUT2D eigenvalue weighted by Crippen LogP contribution is -2.47. The zero-order chi connectivity index (χ0) is 13.1. The first-order valence-corrected chi connectivity index (χ1v) is 6.43. The first kappa shape index (κ1) is 12.4. The van der Waals surface area contributed by atoms with Crippen molar-refractivity contribution in [3.63, 3.8) is 0 Å². The standard InChI is InChI=1S/C12H11BrF3NO/c1-5-2-6(13)3-8(10(5)14)12(11(15)16)7-4-9(7)18-17-12/h2-3,7,9,11,17H,4H2,1H3/t7?,9?,12-/m0/s1. The quantitative estimate of drug-likeness (QED) is 0.902. The number of fused-ring (bicyclic) bond motifs is 1. The number of nitrogens with one attached hydrogen (secondary N) is 1. The molecule has 0 amide bonds. The average Bonchev–Trinajstić information content (AvgIpc) is 2.98. The third kappa shape index (κ3) is 1.55. The van der Waals surface area contributed by atoms with Crippen molar-refractivity contribution in [2.24, 2.45) is 5.92 Å². The summed E-state index contributed by atoms with van der Waals surface area (Å²) < 4.78 is 41.7. The van der Waals surface area contributed by atoms with Crippen molar-refractivity contribution in [3.8, 4) is 0 Å². The van der Waals surface area contributed by atoms with Crippen LogP contribution in [0, 0.1) is 18.7 Å².